The molecule has 2 N–H and O–H groups in total. The molecule has 0 bridgehead atoms. The maximum absolute atomic E-state index is 4.68. The van der Waals surface area contributed by atoms with E-state index in [1.54, 1.807) is 0 Å². The summed E-state index contributed by atoms with van der Waals surface area (Å²) >= 11 is 0. The van der Waals surface area contributed by atoms with Gasteiger partial charge in [-0.2, -0.15) is 0 Å². The minimum absolute atomic E-state index is 0.0379. The number of nitrogens with zero attached hydrogens (tertiary/aromatic N) is 2. The molecule has 1 aliphatic carbocycles. The molecule has 0 aliphatic heterocycles. The van der Waals surface area contributed by atoms with Gasteiger partial charge in [-0.15, -0.1) is 0 Å². The topological polar surface area (TPSA) is 49.8 Å². The lowest BCUT2D eigenvalue weighted by Gasteiger charge is -2.20. The SMILES string of the molecule is CCCNc1cc(NCC2(C)CC2)nc(C(C)(C)C)n1. The summed E-state index contributed by atoms with van der Waals surface area (Å²) < 4.78 is 0. The van der Waals surface area contributed by atoms with Gasteiger partial charge in [-0.3, -0.25) is 0 Å². The predicted molar refractivity (Wildman–Crippen MR) is 85.3 cm³/mol. The van der Waals surface area contributed by atoms with Crippen LogP contribution in [0.4, 0.5) is 11.6 Å². The van der Waals surface area contributed by atoms with Crippen LogP contribution in [0.1, 0.15) is 59.7 Å². The number of hydrogen-bond donors (Lipinski definition) is 2. The molecule has 1 fully saturated rings. The van der Waals surface area contributed by atoms with Crippen molar-refractivity contribution in [3.63, 3.8) is 0 Å². The number of anilines is 2. The van der Waals surface area contributed by atoms with Crippen molar-refractivity contribution >= 4 is 11.6 Å². The highest BCUT2D eigenvalue weighted by Crippen LogP contribution is 2.44. The van der Waals surface area contributed by atoms with Crippen molar-refractivity contribution < 1.29 is 0 Å². The van der Waals surface area contributed by atoms with Crippen LogP contribution in [0.25, 0.3) is 0 Å². The first-order valence-electron chi connectivity index (χ1n) is 7.70. The van der Waals surface area contributed by atoms with Gasteiger partial charge in [-0.05, 0) is 24.7 Å². The Morgan fingerprint density at radius 3 is 2.25 bits per heavy atom. The van der Waals surface area contributed by atoms with E-state index in [1.807, 2.05) is 6.07 Å². The normalized spacial score (nSPS) is 16.9. The Labute approximate surface area is 122 Å². The van der Waals surface area contributed by atoms with Gasteiger partial charge < -0.3 is 10.6 Å². The third-order valence-corrected chi connectivity index (χ3v) is 3.75. The Morgan fingerprint density at radius 2 is 1.75 bits per heavy atom. The average Bonchev–Trinajstić information content (AvgIpc) is 3.11. The second-order valence-corrected chi connectivity index (χ2v) is 7.30. The summed E-state index contributed by atoms with van der Waals surface area (Å²) in [5, 5.41) is 6.85. The van der Waals surface area contributed by atoms with Crippen molar-refractivity contribution in [2.75, 3.05) is 23.7 Å². The fraction of sp³-hybridized carbons (Fsp3) is 0.750. The van der Waals surface area contributed by atoms with Crippen molar-refractivity contribution in [1.82, 2.24) is 9.97 Å². The highest BCUT2D eigenvalue weighted by atomic mass is 15.1. The third-order valence-electron chi connectivity index (χ3n) is 3.75. The van der Waals surface area contributed by atoms with Gasteiger partial charge in [0, 0.05) is 24.6 Å². The summed E-state index contributed by atoms with van der Waals surface area (Å²) in [7, 11) is 0. The van der Waals surface area contributed by atoms with Gasteiger partial charge in [0.05, 0.1) is 0 Å². The van der Waals surface area contributed by atoms with Crippen LogP contribution in [0.5, 0.6) is 0 Å². The van der Waals surface area contributed by atoms with Gasteiger partial charge in [0.2, 0.25) is 0 Å². The maximum atomic E-state index is 4.68. The third kappa shape index (κ3) is 4.09. The van der Waals surface area contributed by atoms with Gasteiger partial charge in [0.1, 0.15) is 17.5 Å². The summed E-state index contributed by atoms with van der Waals surface area (Å²) in [4.78, 5) is 9.32. The van der Waals surface area contributed by atoms with E-state index in [9.17, 15) is 0 Å². The van der Waals surface area contributed by atoms with Crippen LogP contribution in [0.15, 0.2) is 6.07 Å². The van der Waals surface area contributed by atoms with E-state index in [4.69, 9.17) is 0 Å². The van der Waals surface area contributed by atoms with Crippen LogP contribution < -0.4 is 10.6 Å². The molecule has 20 heavy (non-hydrogen) atoms. The quantitative estimate of drug-likeness (QED) is 0.829. The molecule has 1 saturated carbocycles. The van der Waals surface area contributed by atoms with Gasteiger partial charge >= 0.3 is 0 Å². The molecule has 1 aliphatic rings. The minimum Gasteiger partial charge on any atom is -0.370 e. The fourth-order valence-electron chi connectivity index (χ4n) is 1.91. The van der Waals surface area contributed by atoms with E-state index in [2.05, 4.69) is 55.2 Å². The summed E-state index contributed by atoms with van der Waals surface area (Å²) in [6, 6.07) is 2.02. The van der Waals surface area contributed by atoms with Crippen LogP contribution in [0.2, 0.25) is 0 Å². The molecule has 0 radical (unpaired) electrons. The van der Waals surface area contributed by atoms with Crippen molar-refractivity contribution in [2.24, 2.45) is 5.41 Å². The summed E-state index contributed by atoms with van der Waals surface area (Å²) in [6.45, 7) is 12.9. The lowest BCUT2D eigenvalue weighted by atomic mass is 9.96. The van der Waals surface area contributed by atoms with E-state index in [1.165, 1.54) is 12.8 Å². The second kappa shape index (κ2) is 5.58. The van der Waals surface area contributed by atoms with Gasteiger partial charge in [-0.1, -0.05) is 34.6 Å². The van der Waals surface area contributed by atoms with Crippen molar-refractivity contribution in [3.05, 3.63) is 11.9 Å². The molecule has 0 amide bonds. The molecule has 112 valence electrons. The van der Waals surface area contributed by atoms with Crippen LogP contribution in [0, 0.1) is 5.41 Å². The Hall–Kier alpha value is -1.32. The van der Waals surface area contributed by atoms with Crippen LogP contribution in [-0.2, 0) is 5.41 Å². The van der Waals surface area contributed by atoms with Gasteiger partial charge in [0.25, 0.3) is 0 Å². The second-order valence-electron chi connectivity index (χ2n) is 7.30. The molecule has 0 aromatic carbocycles. The smallest absolute Gasteiger partial charge is 0.138 e. The molecule has 2 rings (SSSR count). The zero-order chi connectivity index (χ0) is 14.8. The molecular weight excluding hydrogens is 248 g/mol. The lowest BCUT2D eigenvalue weighted by molar-refractivity contribution is 0.545. The van der Waals surface area contributed by atoms with Crippen molar-refractivity contribution in [2.45, 2.75) is 59.3 Å². The molecule has 0 saturated heterocycles. The molecule has 0 unspecified atom stereocenters. The van der Waals surface area contributed by atoms with Crippen molar-refractivity contribution in [1.29, 1.82) is 0 Å². The molecule has 4 nitrogen and oxygen atoms in total. The van der Waals surface area contributed by atoms with E-state index < -0.39 is 0 Å². The zero-order valence-corrected chi connectivity index (χ0v) is 13.5. The van der Waals surface area contributed by atoms with Gasteiger partial charge in [0.15, 0.2) is 0 Å². The zero-order valence-electron chi connectivity index (χ0n) is 13.5. The fourth-order valence-corrected chi connectivity index (χ4v) is 1.91. The predicted octanol–water partition coefficient (Wildman–Crippen LogP) is 3.81. The molecule has 1 aromatic rings. The lowest BCUT2D eigenvalue weighted by Crippen LogP contribution is -2.20. The summed E-state index contributed by atoms with van der Waals surface area (Å²) in [5.41, 5.74) is 0.438. The first-order chi connectivity index (χ1) is 9.32. The molecule has 0 atom stereocenters. The van der Waals surface area contributed by atoms with Crippen LogP contribution in [0.3, 0.4) is 0 Å². The Balaban J connectivity index is 2.15. The molecule has 1 aromatic heterocycles. The molecule has 0 spiro atoms. The molecule has 1 heterocycles. The largest absolute Gasteiger partial charge is 0.370 e. The summed E-state index contributed by atoms with van der Waals surface area (Å²) in [5.74, 6) is 2.76. The number of aromatic nitrogens is 2. The first-order valence-corrected chi connectivity index (χ1v) is 7.70. The Kier molecular flexibility index (Phi) is 4.21. The van der Waals surface area contributed by atoms with E-state index in [0.717, 1.165) is 37.0 Å². The molecular formula is C16H28N4. The van der Waals surface area contributed by atoms with Gasteiger partial charge in [-0.25, -0.2) is 9.97 Å². The standard InChI is InChI=1S/C16H28N4/c1-6-9-17-12-10-13(18-11-16(5)7-8-16)20-14(19-12)15(2,3)4/h10H,6-9,11H2,1-5H3,(H2,17,18,19,20). The molecule has 4 heteroatoms. The van der Waals surface area contributed by atoms with E-state index >= 15 is 0 Å². The Bertz CT molecular complexity index is 458. The average molecular weight is 276 g/mol. The number of hydrogen-bond acceptors (Lipinski definition) is 4. The highest BCUT2D eigenvalue weighted by molar-refractivity contribution is 5.48. The minimum atomic E-state index is -0.0379. The van der Waals surface area contributed by atoms with E-state index in [0.29, 0.717) is 5.41 Å². The monoisotopic (exact) mass is 276 g/mol. The first kappa shape index (κ1) is 15.1. The Morgan fingerprint density at radius 1 is 1.15 bits per heavy atom. The van der Waals surface area contributed by atoms with Crippen LogP contribution in [-0.4, -0.2) is 23.1 Å². The number of nitrogens with one attached hydrogen (secondary N) is 2. The van der Waals surface area contributed by atoms with Crippen LogP contribution >= 0.6 is 0 Å². The number of rotatable bonds is 6. The van der Waals surface area contributed by atoms with E-state index in [-0.39, 0.29) is 5.41 Å². The summed E-state index contributed by atoms with van der Waals surface area (Å²) in [6.07, 6.45) is 3.73. The highest BCUT2D eigenvalue weighted by Gasteiger charge is 2.36. The maximum Gasteiger partial charge on any atom is 0.138 e. The van der Waals surface area contributed by atoms with Crippen molar-refractivity contribution in [3.8, 4) is 0 Å².